The summed E-state index contributed by atoms with van der Waals surface area (Å²) in [7, 11) is 0. The molecule has 0 atom stereocenters. The van der Waals surface area contributed by atoms with E-state index < -0.39 is 23.5 Å². The number of carbonyl (C=O) groups is 1. The Balaban J connectivity index is 3.11. The van der Waals surface area contributed by atoms with Crippen molar-refractivity contribution < 1.29 is 27.1 Å². The van der Waals surface area contributed by atoms with Gasteiger partial charge in [-0.1, -0.05) is 0 Å². The highest BCUT2D eigenvalue weighted by Gasteiger charge is 2.33. The van der Waals surface area contributed by atoms with Crippen molar-refractivity contribution in [3.8, 4) is 5.75 Å². The van der Waals surface area contributed by atoms with Crippen LogP contribution in [0.4, 0.5) is 17.6 Å². The molecule has 0 radical (unpaired) electrons. The summed E-state index contributed by atoms with van der Waals surface area (Å²) >= 11 is 0. The first-order chi connectivity index (χ1) is 6.44. The summed E-state index contributed by atoms with van der Waals surface area (Å²) in [6, 6.07) is 0. The molecule has 1 heterocycles. The highest BCUT2D eigenvalue weighted by molar-refractivity contribution is 5.78. The zero-order valence-electron chi connectivity index (χ0n) is 6.51. The van der Waals surface area contributed by atoms with Crippen molar-refractivity contribution in [2.45, 2.75) is 6.36 Å². The van der Waals surface area contributed by atoms with Crippen molar-refractivity contribution in [3.05, 3.63) is 23.8 Å². The molecule has 76 valence electrons. The van der Waals surface area contributed by atoms with Crippen LogP contribution < -0.4 is 4.74 Å². The van der Waals surface area contributed by atoms with Crippen LogP contribution in [-0.2, 0) is 0 Å². The van der Waals surface area contributed by atoms with Crippen LogP contribution in [0.2, 0.25) is 0 Å². The predicted molar refractivity (Wildman–Crippen MR) is 36.3 cm³/mol. The average Bonchev–Trinajstić information content (AvgIpc) is 2.06. The fourth-order valence-electron chi connectivity index (χ4n) is 0.746. The molecular weight excluding hydrogens is 206 g/mol. The van der Waals surface area contributed by atoms with E-state index in [0.29, 0.717) is 6.20 Å². The maximum atomic E-state index is 12.7. The van der Waals surface area contributed by atoms with Gasteiger partial charge in [0.25, 0.3) is 0 Å². The van der Waals surface area contributed by atoms with Crippen molar-refractivity contribution in [3.63, 3.8) is 0 Å². The monoisotopic (exact) mass is 209 g/mol. The lowest BCUT2D eigenvalue weighted by molar-refractivity contribution is -0.275. The smallest absolute Gasteiger partial charge is 0.402 e. The minimum absolute atomic E-state index is 0.0250. The number of ether oxygens (including phenoxy) is 1. The minimum atomic E-state index is -5.04. The number of aldehydes is 1. The van der Waals surface area contributed by atoms with Crippen LogP contribution in [0, 0.1) is 5.82 Å². The van der Waals surface area contributed by atoms with Crippen molar-refractivity contribution in [2.24, 2.45) is 0 Å². The molecule has 0 saturated heterocycles. The summed E-state index contributed by atoms with van der Waals surface area (Å²) < 4.78 is 51.2. The highest BCUT2D eigenvalue weighted by atomic mass is 19.4. The van der Waals surface area contributed by atoms with Gasteiger partial charge in [0.1, 0.15) is 0 Å². The van der Waals surface area contributed by atoms with Crippen LogP contribution in [0.15, 0.2) is 12.4 Å². The Morgan fingerprint density at radius 1 is 1.36 bits per heavy atom. The van der Waals surface area contributed by atoms with Crippen LogP contribution in [0.5, 0.6) is 5.75 Å². The van der Waals surface area contributed by atoms with Gasteiger partial charge in [0.2, 0.25) is 0 Å². The molecule has 0 aliphatic heterocycles. The van der Waals surface area contributed by atoms with Crippen molar-refractivity contribution in [1.82, 2.24) is 4.98 Å². The van der Waals surface area contributed by atoms with Crippen LogP contribution >= 0.6 is 0 Å². The zero-order valence-corrected chi connectivity index (χ0v) is 6.51. The average molecular weight is 209 g/mol. The second-order valence-corrected chi connectivity index (χ2v) is 2.21. The van der Waals surface area contributed by atoms with Crippen LogP contribution in [0.3, 0.4) is 0 Å². The molecule has 0 saturated carbocycles. The molecular formula is C7H3F4NO2. The molecule has 0 aliphatic rings. The fraction of sp³-hybridized carbons (Fsp3) is 0.143. The number of halogens is 4. The van der Waals surface area contributed by atoms with Gasteiger partial charge in [-0.3, -0.25) is 9.78 Å². The maximum absolute atomic E-state index is 12.7. The second kappa shape index (κ2) is 3.60. The predicted octanol–water partition coefficient (Wildman–Crippen LogP) is 1.93. The molecule has 0 bridgehead atoms. The lowest BCUT2D eigenvalue weighted by Gasteiger charge is -2.10. The van der Waals surface area contributed by atoms with E-state index in [4.69, 9.17) is 0 Å². The van der Waals surface area contributed by atoms with Gasteiger partial charge in [0.05, 0.1) is 11.8 Å². The number of nitrogens with zero attached hydrogens (tertiary/aromatic N) is 1. The maximum Gasteiger partial charge on any atom is 0.573 e. The molecule has 1 aromatic rings. The number of hydrogen-bond donors (Lipinski definition) is 0. The van der Waals surface area contributed by atoms with Crippen molar-refractivity contribution >= 4 is 6.29 Å². The van der Waals surface area contributed by atoms with E-state index >= 15 is 0 Å². The van der Waals surface area contributed by atoms with Gasteiger partial charge in [-0.05, 0) is 0 Å². The Kier molecular flexibility index (Phi) is 2.68. The first-order valence-electron chi connectivity index (χ1n) is 3.28. The van der Waals surface area contributed by atoms with Crippen molar-refractivity contribution in [1.29, 1.82) is 0 Å². The van der Waals surface area contributed by atoms with Gasteiger partial charge in [0.15, 0.2) is 17.9 Å². The molecule has 0 aliphatic carbocycles. The summed E-state index contributed by atoms with van der Waals surface area (Å²) in [6.45, 7) is 0. The van der Waals surface area contributed by atoms with Gasteiger partial charge in [-0.25, -0.2) is 4.39 Å². The number of carbonyl (C=O) groups excluding carboxylic acids is 1. The van der Waals surface area contributed by atoms with E-state index in [1.54, 1.807) is 0 Å². The molecule has 3 nitrogen and oxygen atoms in total. The number of alkyl halides is 3. The normalized spacial score (nSPS) is 11.1. The van der Waals surface area contributed by atoms with E-state index in [1.807, 2.05) is 0 Å². The molecule has 0 N–H and O–H groups in total. The van der Waals surface area contributed by atoms with Gasteiger partial charge >= 0.3 is 6.36 Å². The number of rotatable bonds is 2. The lowest BCUT2D eigenvalue weighted by Crippen LogP contribution is -2.19. The molecule has 0 amide bonds. The summed E-state index contributed by atoms with van der Waals surface area (Å²) in [5.74, 6) is -2.51. The molecule has 14 heavy (non-hydrogen) atoms. The first-order valence-corrected chi connectivity index (χ1v) is 3.28. The summed E-state index contributed by atoms with van der Waals surface area (Å²) in [5.41, 5.74) is -0.595. The van der Waals surface area contributed by atoms with Gasteiger partial charge in [-0.15, -0.1) is 13.2 Å². The number of aromatic nitrogens is 1. The quantitative estimate of drug-likeness (QED) is 0.551. The number of pyridine rings is 1. The standard InChI is InChI=1S/C7H3F4NO2/c8-5-2-12-1-4(3-13)6(5)14-7(9,10)11/h1-3H. The zero-order chi connectivity index (χ0) is 10.8. The number of hydrogen-bond acceptors (Lipinski definition) is 3. The molecule has 1 aromatic heterocycles. The Bertz CT molecular complexity index is 350. The Hall–Kier alpha value is -1.66. The molecule has 0 spiro atoms. The first kappa shape index (κ1) is 10.4. The third-order valence-electron chi connectivity index (χ3n) is 1.23. The Morgan fingerprint density at radius 3 is 2.50 bits per heavy atom. The van der Waals surface area contributed by atoms with E-state index in [-0.39, 0.29) is 6.29 Å². The molecule has 7 heteroatoms. The fourth-order valence-corrected chi connectivity index (χ4v) is 0.746. The van der Waals surface area contributed by atoms with Gasteiger partial charge < -0.3 is 4.74 Å². The topological polar surface area (TPSA) is 39.2 Å². The van der Waals surface area contributed by atoms with E-state index in [1.165, 1.54) is 0 Å². The SMILES string of the molecule is O=Cc1cncc(F)c1OC(F)(F)F. The summed E-state index contributed by atoms with van der Waals surface area (Å²) in [4.78, 5) is 13.4. The van der Waals surface area contributed by atoms with Gasteiger partial charge in [0, 0.05) is 6.20 Å². The van der Waals surface area contributed by atoms with Crippen molar-refractivity contribution in [2.75, 3.05) is 0 Å². The summed E-state index contributed by atoms with van der Waals surface area (Å²) in [5, 5.41) is 0. The molecule has 0 aromatic carbocycles. The highest BCUT2D eigenvalue weighted by Crippen LogP contribution is 2.27. The van der Waals surface area contributed by atoms with Crippen LogP contribution in [-0.4, -0.2) is 17.6 Å². The minimum Gasteiger partial charge on any atom is -0.402 e. The molecule has 0 unspecified atom stereocenters. The summed E-state index contributed by atoms with van der Waals surface area (Å²) in [6.07, 6.45) is -3.72. The largest absolute Gasteiger partial charge is 0.573 e. The van der Waals surface area contributed by atoms with Gasteiger partial charge in [-0.2, -0.15) is 0 Å². The van der Waals surface area contributed by atoms with Crippen LogP contribution in [0.25, 0.3) is 0 Å². The Morgan fingerprint density at radius 2 is 2.00 bits per heavy atom. The lowest BCUT2D eigenvalue weighted by atomic mass is 10.3. The van der Waals surface area contributed by atoms with E-state index in [0.717, 1.165) is 6.20 Å². The molecule has 1 rings (SSSR count). The molecule has 0 fully saturated rings. The third kappa shape index (κ3) is 2.41. The Labute approximate surface area is 75.3 Å². The third-order valence-corrected chi connectivity index (χ3v) is 1.23. The van der Waals surface area contributed by atoms with E-state index in [2.05, 4.69) is 9.72 Å². The van der Waals surface area contributed by atoms with Crippen LogP contribution in [0.1, 0.15) is 10.4 Å². The van der Waals surface area contributed by atoms with E-state index in [9.17, 15) is 22.4 Å². The second-order valence-electron chi connectivity index (χ2n) is 2.21.